The zero-order chi connectivity index (χ0) is 18.1. The first-order valence-corrected chi connectivity index (χ1v) is 7.32. The van der Waals surface area contributed by atoms with Crippen molar-refractivity contribution in [1.82, 2.24) is 9.78 Å². The fourth-order valence-corrected chi connectivity index (χ4v) is 3.34. The summed E-state index contributed by atoms with van der Waals surface area (Å²) < 4.78 is 81.0. The van der Waals surface area contributed by atoms with E-state index in [1.807, 2.05) is 0 Å². The van der Waals surface area contributed by atoms with Crippen molar-refractivity contribution < 1.29 is 26.3 Å². The highest BCUT2D eigenvalue weighted by Gasteiger charge is 2.55. The minimum absolute atomic E-state index is 0.229. The number of aromatic nitrogens is 2. The van der Waals surface area contributed by atoms with Crippen LogP contribution < -0.4 is 0 Å². The second-order valence-electron chi connectivity index (χ2n) is 5.70. The molecule has 0 aliphatic heterocycles. The first-order valence-electron chi connectivity index (χ1n) is 6.57. The summed E-state index contributed by atoms with van der Waals surface area (Å²) in [6.45, 7) is 0.981. The maximum Gasteiger partial charge on any atom is 0.416 e. The molecule has 2 nitrogen and oxygen atoms in total. The van der Waals surface area contributed by atoms with E-state index in [0.29, 0.717) is 12.1 Å². The molecule has 0 radical (unpaired) electrons. The topological polar surface area (TPSA) is 17.8 Å². The predicted molar refractivity (Wildman–Crippen MR) is 75.6 cm³/mol. The molecule has 1 aliphatic rings. The summed E-state index contributed by atoms with van der Waals surface area (Å²) in [6.07, 6.45) is -4.76. The largest absolute Gasteiger partial charge is 0.416 e. The predicted octanol–water partition coefficient (Wildman–Crippen LogP) is 5.88. The van der Waals surface area contributed by atoms with Crippen molar-refractivity contribution in [2.75, 3.05) is 0 Å². The summed E-state index contributed by atoms with van der Waals surface area (Å²) in [5.74, 6) is -3.49. The van der Waals surface area contributed by atoms with Gasteiger partial charge < -0.3 is 0 Å². The van der Waals surface area contributed by atoms with Gasteiger partial charge in [-0.1, -0.05) is 23.2 Å². The van der Waals surface area contributed by atoms with Crippen LogP contribution in [0, 0.1) is 0 Å². The molecule has 3 rings (SSSR count). The lowest BCUT2D eigenvalue weighted by Crippen LogP contribution is -2.17. The van der Waals surface area contributed by atoms with Crippen molar-refractivity contribution in [3.8, 4) is 5.69 Å². The van der Waals surface area contributed by atoms with Crippen molar-refractivity contribution in [2.24, 2.45) is 0 Å². The van der Waals surface area contributed by atoms with Crippen LogP contribution in [-0.2, 0) is 17.8 Å². The Labute approximate surface area is 142 Å². The summed E-state index contributed by atoms with van der Waals surface area (Å²) >= 11 is 11.6. The van der Waals surface area contributed by atoms with Crippen LogP contribution in [0.4, 0.5) is 26.3 Å². The standard InChI is InChI=1S/C14H8Cl2F6N2/c1-12(17)5-13(18,19)11-7(12)4-24(23-11)10-8(15)2-6(3-9(10)16)14(20,21)22/h2-4H,5H2,1H3. The maximum absolute atomic E-state index is 14.3. The van der Waals surface area contributed by atoms with Gasteiger partial charge in [0.1, 0.15) is 17.1 Å². The Morgan fingerprint density at radius 3 is 2.12 bits per heavy atom. The van der Waals surface area contributed by atoms with Gasteiger partial charge in [-0.05, 0) is 19.1 Å². The second kappa shape index (κ2) is 5.05. The van der Waals surface area contributed by atoms with Gasteiger partial charge in [0, 0.05) is 11.8 Å². The third kappa shape index (κ3) is 2.65. The van der Waals surface area contributed by atoms with Crippen molar-refractivity contribution >= 4 is 23.2 Å². The molecule has 1 heterocycles. The Balaban J connectivity index is 2.16. The Morgan fingerprint density at radius 2 is 1.67 bits per heavy atom. The first kappa shape index (κ1) is 17.4. The van der Waals surface area contributed by atoms with E-state index in [1.165, 1.54) is 0 Å². The van der Waals surface area contributed by atoms with Crippen LogP contribution >= 0.6 is 23.2 Å². The zero-order valence-corrected chi connectivity index (χ0v) is 13.4. The van der Waals surface area contributed by atoms with Crippen molar-refractivity contribution in [3.63, 3.8) is 0 Å². The molecule has 130 valence electrons. The molecular weight excluding hydrogens is 381 g/mol. The van der Waals surface area contributed by atoms with Crippen LogP contribution in [0.1, 0.15) is 30.2 Å². The lowest BCUT2D eigenvalue weighted by Gasteiger charge is -2.16. The zero-order valence-electron chi connectivity index (χ0n) is 11.9. The molecule has 0 saturated heterocycles. The van der Waals surface area contributed by atoms with Gasteiger partial charge in [-0.25, -0.2) is 9.07 Å². The molecule has 0 N–H and O–H groups in total. The van der Waals surface area contributed by atoms with Gasteiger partial charge in [-0.2, -0.15) is 27.1 Å². The molecule has 1 atom stereocenters. The van der Waals surface area contributed by atoms with Crippen LogP contribution in [0.2, 0.25) is 10.0 Å². The van der Waals surface area contributed by atoms with Crippen molar-refractivity contribution in [3.05, 3.63) is 45.2 Å². The summed E-state index contributed by atoms with van der Waals surface area (Å²) in [6, 6.07) is 1.20. The van der Waals surface area contributed by atoms with E-state index >= 15 is 0 Å². The third-order valence-electron chi connectivity index (χ3n) is 3.75. The van der Waals surface area contributed by atoms with Gasteiger partial charge in [-0.3, -0.25) is 0 Å². The van der Waals surface area contributed by atoms with Gasteiger partial charge in [0.25, 0.3) is 5.92 Å². The number of hydrogen-bond acceptors (Lipinski definition) is 1. The maximum atomic E-state index is 14.3. The number of halogens is 8. The molecule has 1 aromatic heterocycles. The van der Waals surface area contributed by atoms with Gasteiger partial charge in [0.15, 0.2) is 0 Å². The van der Waals surface area contributed by atoms with Crippen LogP contribution in [-0.4, -0.2) is 9.78 Å². The lowest BCUT2D eigenvalue weighted by molar-refractivity contribution is -0.137. The number of benzene rings is 1. The van der Waals surface area contributed by atoms with E-state index in [2.05, 4.69) is 5.10 Å². The SMILES string of the molecule is CC1(F)CC(F)(F)c2nn(-c3c(Cl)cc(C(F)(F)F)cc3Cl)cc21. The second-order valence-corrected chi connectivity index (χ2v) is 6.52. The monoisotopic (exact) mass is 388 g/mol. The van der Waals surface area contributed by atoms with E-state index in [0.717, 1.165) is 17.8 Å². The highest BCUT2D eigenvalue weighted by atomic mass is 35.5. The van der Waals surface area contributed by atoms with Gasteiger partial charge in [-0.15, -0.1) is 0 Å². The normalized spacial score (nSPS) is 22.7. The van der Waals surface area contributed by atoms with Crippen LogP contribution in [0.3, 0.4) is 0 Å². The van der Waals surface area contributed by atoms with Crippen LogP contribution in [0.25, 0.3) is 5.69 Å². The summed E-state index contributed by atoms with van der Waals surface area (Å²) in [5.41, 5.74) is -4.77. The number of nitrogens with zero attached hydrogens (tertiary/aromatic N) is 2. The Hall–Kier alpha value is -1.41. The number of rotatable bonds is 1. The number of alkyl halides is 6. The molecule has 0 spiro atoms. The number of hydrogen-bond donors (Lipinski definition) is 0. The molecule has 0 saturated carbocycles. The van der Waals surface area contributed by atoms with E-state index in [1.54, 1.807) is 0 Å². The molecule has 0 bridgehead atoms. The molecule has 10 heteroatoms. The van der Waals surface area contributed by atoms with Gasteiger partial charge >= 0.3 is 6.18 Å². The smallest absolute Gasteiger partial charge is 0.239 e. The van der Waals surface area contributed by atoms with E-state index in [-0.39, 0.29) is 11.3 Å². The molecule has 24 heavy (non-hydrogen) atoms. The van der Waals surface area contributed by atoms with E-state index in [9.17, 15) is 26.3 Å². The molecule has 0 fully saturated rings. The van der Waals surface area contributed by atoms with Gasteiger partial charge in [0.05, 0.1) is 22.0 Å². The fraction of sp³-hybridized carbons (Fsp3) is 0.357. The average Bonchev–Trinajstić information content (AvgIpc) is 2.87. The van der Waals surface area contributed by atoms with Crippen LogP contribution in [0.15, 0.2) is 18.3 Å². The Morgan fingerprint density at radius 1 is 1.12 bits per heavy atom. The van der Waals surface area contributed by atoms with Crippen molar-refractivity contribution in [2.45, 2.75) is 31.1 Å². The molecular formula is C14H8Cl2F6N2. The van der Waals surface area contributed by atoms with Gasteiger partial charge in [0.2, 0.25) is 0 Å². The summed E-state index contributed by atoms with van der Waals surface area (Å²) in [4.78, 5) is 0. The minimum atomic E-state index is -4.68. The molecule has 0 amide bonds. The summed E-state index contributed by atoms with van der Waals surface area (Å²) in [5, 5.41) is 2.71. The number of fused-ring (bicyclic) bond motifs is 1. The molecule has 1 unspecified atom stereocenters. The average molecular weight is 389 g/mol. The quantitative estimate of drug-likeness (QED) is 0.558. The fourth-order valence-electron chi connectivity index (χ4n) is 2.68. The molecule has 1 aromatic carbocycles. The minimum Gasteiger partial charge on any atom is -0.239 e. The third-order valence-corrected chi connectivity index (χ3v) is 4.33. The first-order chi connectivity index (χ1) is 10.8. The Kier molecular flexibility index (Phi) is 3.66. The van der Waals surface area contributed by atoms with E-state index in [4.69, 9.17) is 23.2 Å². The highest BCUT2D eigenvalue weighted by Crippen LogP contribution is 2.52. The molecule has 2 aromatic rings. The summed E-state index contributed by atoms with van der Waals surface area (Å²) in [7, 11) is 0. The lowest BCUT2D eigenvalue weighted by atomic mass is 10.0. The van der Waals surface area contributed by atoms with Crippen LogP contribution in [0.5, 0.6) is 0 Å². The highest BCUT2D eigenvalue weighted by molar-refractivity contribution is 6.37. The Bertz CT molecular complexity index is 771. The van der Waals surface area contributed by atoms with E-state index < -0.39 is 45.5 Å². The molecule has 1 aliphatic carbocycles. The van der Waals surface area contributed by atoms with Crippen molar-refractivity contribution in [1.29, 1.82) is 0 Å².